The zero-order valence-electron chi connectivity index (χ0n) is 12.0. The zero-order valence-corrected chi connectivity index (χ0v) is 12.0. The molecule has 2 heterocycles. The molecule has 21 heavy (non-hydrogen) atoms. The van der Waals surface area contributed by atoms with Gasteiger partial charge in [0.1, 0.15) is 6.04 Å². The molecule has 112 valence electrons. The molecule has 1 saturated carbocycles. The highest BCUT2D eigenvalue weighted by molar-refractivity contribution is 5.97. The van der Waals surface area contributed by atoms with E-state index in [-0.39, 0.29) is 23.6 Å². The first-order valence-electron chi connectivity index (χ1n) is 7.57. The van der Waals surface area contributed by atoms with Crippen molar-refractivity contribution in [3.05, 3.63) is 36.3 Å². The van der Waals surface area contributed by atoms with Crippen LogP contribution in [-0.4, -0.2) is 35.3 Å². The average Bonchev–Trinajstić information content (AvgIpc) is 3.19. The van der Waals surface area contributed by atoms with Gasteiger partial charge in [-0.05, 0) is 25.0 Å². The second kappa shape index (κ2) is 6.16. The fraction of sp³-hybridized carbons (Fsp3) is 0.500. The van der Waals surface area contributed by atoms with Crippen molar-refractivity contribution in [3.63, 3.8) is 0 Å². The molecule has 5 nitrogen and oxygen atoms in total. The van der Waals surface area contributed by atoms with Crippen LogP contribution in [0.5, 0.6) is 0 Å². The molecule has 1 aliphatic heterocycles. The summed E-state index contributed by atoms with van der Waals surface area (Å²) in [7, 11) is 0. The van der Waals surface area contributed by atoms with Gasteiger partial charge in [-0.3, -0.25) is 9.59 Å². The topological polar surface area (TPSA) is 62.6 Å². The van der Waals surface area contributed by atoms with Crippen LogP contribution in [0, 0.1) is 0 Å². The van der Waals surface area contributed by atoms with Gasteiger partial charge in [-0.15, -0.1) is 0 Å². The van der Waals surface area contributed by atoms with Crippen LogP contribution in [0.2, 0.25) is 0 Å². The first-order valence-corrected chi connectivity index (χ1v) is 7.57. The number of furan rings is 1. The molecule has 1 aromatic heterocycles. The minimum Gasteiger partial charge on any atom is -0.459 e. The lowest BCUT2D eigenvalue weighted by Gasteiger charge is -2.27. The van der Waals surface area contributed by atoms with Crippen molar-refractivity contribution in [2.75, 3.05) is 6.54 Å². The fourth-order valence-corrected chi connectivity index (χ4v) is 3.03. The molecule has 1 N–H and O–H groups in total. The Kier molecular flexibility index (Phi) is 4.08. The van der Waals surface area contributed by atoms with Gasteiger partial charge in [0, 0.05) is 12.6 Å². The lowest BCUT2D eigenvalue weighted by molar-refractivity contribution is -0.124. The van der Waals surface area contributed by atoms with Crippen molar-refractivity contribution < 1.29 is 14.0 Å². The maximum Gasteiger partial charge on any atom is 0.290 e. The highest BCUT2D eigenvalue weighted by Gasteiger charge is 2.33. The molecule has 3 rings (SSSR count). The molecule has 1 aromatic rings. The number of hydrogen-bond donors (Lipinski definition) is 1. The van der Waals surface area contributed by atoms with Crippen molar-refractivity contribution in [3.8, 4) is 0 Å². The molecule has 5 heteroatoms. The Balaban J connectivity index is 1.64. The molecule has 2 aliphatic rings. The van der Waals surface area contributed by atoms with E-state index in [2.05, 4.69) is 5.32 Å². The maximum absolute atomic E-state index is 12.4. The minimum atomic E-state index is -0.524. The van der Waals surface area contributed by atoms with Crippen molar-refractivity contribution in [1.82, 2.24) is 10.2 Å². The smallest absolute Gasteiger partial charge is 0.290 e. The van der Waals surface area contributed by atoms with Crippen molar-refractivity contribution >= 4 is 11.8 Å². The summed E-state index contributed by atoms with van der Waals surface area (Å²) >= 11 is 0. The van der Waals surface area contributed by atoms with Gasteiger partial charge in [0.05, 0.1) is 6.26 Å². The molecule has 1 aliphatic carbocycles. The summed E-state index contributed by atoms with van der Waals surface area (Å²) in [5, 5.41) is 3.08. The van der Waals surface area contributed by atoms with Gasteiger partial charge in [0.25, 0.3) is 5.91 Å². The van der Waals surface area contributed by atoms with E-state index < -0.39 is 6.04 Å². The molecular formula is C16H20N2O3. The standard InChI is InChI=1S/C16H20N2O3/c19-15(17-12-6-2-1-3-7-12)13-8-4-10-18(13)16(20)14-9-5-11-21-14/h4-5,8-9,11-13H,1-3,6-7,10H2,(H,17,19)/t13-/m0/s1. The zero-order chi connectivity index (χ0) is 14.7. The first kappa shape index (κ1) is 13.9. The van der Waals surface area contributed by atoms with Gasteiger partial charge < -0.3 is 14.6 Å². The van der Waals surface area contributed by atoms with Crippen LogP contribution in [0.15, 0.2) is 35.0 Å². The monoisotopic (exact) mass is 288 g/mol. The van der Waals surface area contributed by atoms with Crippen LogP contribution < -0.4 is 5.32 Å². The number of nitrogens with zero attached hydrogens (tertiary/aromatic N) is 1. The third-order valence-corrected chi connectivity index (χ3v) is 4.17. The second-order valence-corrected chi connectivity index (χ2v) is 5.65. The van der Waals surface area contributed by atoms with Crippen LogP contribution >= 0.6 is 0 Å². The highest BCUT2D eigenvalue weighted by Crippen LogP contribution is 2.19. The predicted molar refractivity (Wildman–Crippen MR) is 77.7 cm³/mol. The van der Waals surface area contributed by atoms with Crippen molar-refractivity contribution in [1.29, 1.82) is 0 Å². The van der Waals surface area contributed by atoms with Gasteiger partial charge in [0.2, 0.25) is 5.91 Å². The van der Waals surface area contributed by atoms with E-state index in [0.29, 0.717) is 6.54 Å². The Morgan fingerprint density at radius 3 is 2.76 bits per heavy atom. The van der Waals surface area contributed by atoms with Gasteiger partial charge in [0.15, 0.2) is 5.76 Å². The third-order valence-electron chi connectivity index (χ3n) is 4.17. The SMILES string of the molecule is O=C(NC1CCCCC1)[C@@H]1C=CCN1C(=O)c1ccco1. The van der Waals surface area contributed by atoms with E-state index >= 15 is 0 Å². The van der Waals surface area contributed by atoms with E-state index in [4.69, 9.17) is 4.42 Å². The third kappa shape index (κ3) is 3.01. The van der Waals surface area contributed by atoms with E-state index in [1.165, 1.54) is 30.4 Å². The van der Waals surface area contributed by atoms with Gasteiger partial charge in [-0.25, -0.2) is 0 Å². The van der Waals surface area contributed by atoms with Crippen LogP contribution in [0.4, 0.5) is 0 Å². The Bertz CT molecular complexity index is 530. The van der Waals surface area contributed by atoms with E-state index in [1.807, 2.05) is 6.08 Å². The molecule has 0 unspecified atom stereocenters. The normalized spacial score (nSPS) is 22.5. The largest absolute Gasteiger partial charge is 0.459 e. The first-order chi connectivity index (χ1) is 10.3. The van der Waals surface area contributed by atoms with Crippen LogP contribution in [0.1, 0.15) is 42.7 Å². The van der Waals surface area contributed by atoms with E-state index in [0.717, 1.165) is 12.8 Å². The number of carbonyl (C=O) groups is 2. The summed E-state index contributed by atoms with van der Waals surface area (Å²) in [5.74, 6) is -0.0569. The molecule has 0 saturated heterocycles. The van der Waals surface area contributed by atoms with Crippen molar-refractivity contribution in [2.24, 2.45) is 0 Å². The van der Waals surface area contributed by atoms with Crippen LogP contribution in [-0.2, 0) is 4.79 Å². The minimum absolute atomic E-state index is 0.0874. The number of rotatable bonds is 3. The summed E-state index contributed by atoms with van der Waals surface area (Å²) in [6.07, 6.45) is 10.8. The molecule has 0 radical (unpaired) electrons. The molecule has 2 amide bonds. The Morgan fingerprint density at radius 1 is 1.24 bits per heavy atom. The van der Waals surface area contributed by atoms with E-state index in [9.17, 15) is 9.59 Å². The fourth-order valence-electron chi connectivity index (χ4n) is 3.03. The van der Waals surface area contributed by atoms with Crippen LogP contribution in [0.3, 0.4) is 0 Å². The molecule has 0 aromatic carbocycles. The Labute approximate surface area is 124 Å². The molecule has 0 spiro atoms. The number of hydrogen-bond acceptors (Lipinski definition) is 3. The molecule has 0 bridgehead atoms. The number of nitrogens with one attached hydrogen (secondary N) is 1. The average molecular weight is 288 g/mol. The van der Waals surface area contributed by atoms with Gasteiger partial charge in [-0.2, -0.15) is 0 Å². The second-order valence-electron chi connectivity index (χ2n) is 5.65. The highest BCUT2D eigenvalue weighted by atomic mass is 16.3. The quantitative estimate of drug-likeness (QED) is 0.866. The Morgan fingerprint density at radius 2 is 2.05 bits per heavy atom. The van der Waals surface area contributed by atoms with Crippen molar-refractivity contribution in [2.45, 2.75) is 44.2 Å². The van der Waals surface area contributed by atoms with Gasteiger partial charge >= 0.3 is 0 Å². The molecule has 1 fully saturated rings. The molecule has 1 atom stereocenters. The number of amides is 2. The lowest BCUT2D eigenvalue weighted by Crippen LogP contribution is -2.49. The Hall–Kier alpha value is -2.04. The van der Waals surface area contributed by atoms with Gasteiger partial charge in [-0.1, -0.05) is 31.4 Å². The maximum atomic E-state index is 12.4. The predicted octanol–water partition coefficient (Wildman–Crippen LogP) is 2.11. The van der Waals surface area contributed by atoms with E-state index in [1.54, 1.807) is 18.2 Å². The summed E-state index contributed by atoms with van der Waals surface area (Å²) < 4.78 is 5.14. The lowest BCUT2D eigenvalue weighted by atomic mass is 9.95. The number of carbonyl (C=O) groups excluding carboxylic acids is 2. The molecular weight excluding hydrogens is 268 g/mol. The van der Waals surface area contributed by atoms with Crippen LogP contribution in [0.25, 0.3) is 0 Å². The summed E-state index contributed by atoms with van der Waals surface area (Å²) in [6, 6.07) is 3.02. The summed E-state index contributed by atoms with van der Waals surface area (Å²) in [5.41, 5.74) is 0. The summed E-state index contributed by atoms with van der Waals surface area (Å²) in [4.78, 5) is 26.3. The summed E-state index contributed by atoms with van der Waals surface area (Å²) in [6.45, 7) is 0.447.